The minimum absolute atomic E-state index is 0.357. The molecule has 2 N–H and O–H groups in total. The Bertz CT molecular complexity index is 840. The van der Waals surface area contributed by atoms with E-state index < -0.39 is 16.0 Å². The number of nitrogens with one attached hydrogen (secondary N) is 1. The molecule has 0 aliphatic rings. The second-order valence-corrected chi connectivity index (χ2v) is 6.22. The van der Waals surface area contributed by atoms with Crippen molar-refractivity contribution < 1.29 is 18.3 Å². The quantitative estimate of drug-likeness (QED) is 0.797. The lowest BCUT2D eigenvalue weighted by Gasteiger charge is -2.05. The minimum Gasteiger partial charge on any atom is -0.478 e. The van der Waals surface area contributed by atoms with Crippen LogP contribution in [0.1, 0.15) is 11.1 Å². The number of rotatable bonds is 6. The van der Waals surface area contributed by atoms with Gasteiger partial charge in [-0.3, -0.25) is 4.72 Å². The Balaban J connectivity index is 2.13. The van der Waals surface area contributed by atoms with Crippen molar-refractivity contribution in [2.45, 2.75) is 0 Å². The molecular weight excluding hydrogens is 314 g/mol. The molecule has 0 saturated heterocycles. The van der Waals surface area contributed by atoms with Gasteiger partial charge in [0, 0.05) is 11.8 Å². The van der Waals surface area contributed by atoms with E-state index in [4.69, 9.17) is 5.11 Å². The first-order valence-corrected chi connectivity index (χ1v) is 8.26. The average molecular weight is 329 g/mol. The Morgan fingerprint density at radius 1 is 0.957 bits per heavy atom. The zero-order chi connectivity index (χ0) is 16.7. The fraction of sp³-hybridized carbons (Fsp3) is 0. The molecule has 2 rings (SSSR count). The van der Waals surface area contributed by atoms with E-state index in [0.717, 1.165) is 17.0 Å². The summed E-state index contributed by atoms with van der Waals surface area (Å²) in [4.78, 5) is 10.5. The SMILES string of the molecule is O=C(O)C=Cc1cccc(NS(=O)(=O)C=Cc2ccccc2)c1. The van der Waals surface area contributed by atoms with Gasteiger partial charge in [0.25, 0.3) is 10.0 Å². The maximum atomic E-state index is 12.0. The molecule has 0 spiro atoms. The topological polar surface area (TPSA) is 83.5 Å². The van der Waals surface area contributed by atoms with E-state index in [0.29, 0.717) is 11.3 Å². The van der Waals surface area contributed by atoms with Gasteiger partial charge in [-0.05, 0) is 35.4 Å². The fourth-order valence-electron chi connectivity index (χ4n) is 1.80. The number of carbonyl (C=O) groups is 1. The lowest BCUT2D eigenvalue weighted by Crippen LogP contribution is -2.08. The van der Waals surface area contributed by atoms with Crippen LogP contribution in [0.15, 0.2) is 66.1 Å². The van der Waals surface area contributed by atoms with E-state index in [1.54, 1.807) is 36.4 Å². The molecule has 0 amide bonds. The molecule has 5 nitrogen and oxygen atoms in total. The summed E-state index contributed by atoms with van der Waals surface area (Å²) in [5.41, 5.74) is 1.71. The molecule has 23 heavy (non-hydrogen) atoms. The van der Waals surface area contributed by atoms with Gasteiger partial charge in [0.15, 0.2) is 0 Å². The number of benzene rings is 2. The first-order valence-electron chi connectivity index (χ1n) is 6.72. The van der Waals surface area contributed by atoms with Gasteiger partial charge < -0.3 is 5.11 Å². The summed E-state index contributed by atoms with van der Waals surface area (Å²) >= 11 is 0. The average Bonchev–Trinajstić information content (AvgIpc) is 2.52. The number of anilines is 1. The Labute approximate surface area is 134 Å². The van der Waals surface area contributed by atoms with Gasteiger partial charge in [-0.25, -0.2) is 13.2 Å². The molecule has 0 heterocycles. The maximum Gasteiger partial charge on any atom is 0.328 e. The van der Waals surface area contributed by atoms with Gasteiger partial charge in [0.05, 0.1) is 5.41 Å². The summed E-state index contributed by atoms with van der Waals surface area (Å²) in [7, 11) is -3.65. The van der Waals surface area contributed by atoms with E-state index in [1.165, 1.54) is 12.2 Å². The first kappa shape index (κ1) is 16.5. The molecule has 0 atom stereocenters. The van der Waals surface area contributed by atoms with Crippen LogP contribution < -0.4 is 4.72 Å². The van der Waals surface area contributed by atoms with Crippen LogP contribution in [-0.4, -0.2) is 19.5 Å². The van der Waals surface area contributed by atoms with Crippen LogP contribution in [-0.2, 0) is 14.8 Å². The minimum atomic E-state index is -3.65. The van der Waals surface area contributed by atoms with Crippen molar-refractivity contribution in [2.75, 3.05) is 4.72 Å². The number of carboxylic acid groups (broad SMARTS) is 1. The molecule has 0 aliphatic carbocycles. The number of hydrogen-bond donors (Lipinski definition) is 2. The lowest BCUT2D eigenvalue weighted by atomic mass is 10.2. The zero-order valence-corrected chi connectivity index (χ0v) is 12.9. The van der Waals surface area contributed by atoms with E-state index in [9.17, 15) is 13.2 Å². The predicted molar refractivity (Wildman–Crippen MR) is 91.1 cm³/mol. The van der Waals surface area contributed by atoms with E-state index >= 15 is 0 Å². The molecule has 0 fully saturated rings. The second-order valence-electron chi connectivity index (χ2n) is 4.66. The van der Waals surface area contributed by atoms with Crippen LogP contribution in [0, 0.1) is 0 Å². The normalized spacial score (nSPS) is 11.8. The number of aliphatic carboxylic acids is 1. The molecule has 2 aromatic rings. The van der Waals surface area contributed by atoms with Gasteiger partial charge in [-0.1, -0.05) is 42.5 Å². The monoisotopic (exact) mass is 329 g/mol. The number of carboxylic acids is 1. The fourth-order valence-corrected chi connectivity index (χ4v) is 2.66. The number of sulfonamides is 1. The van der Waals surface area contributed by atoms with E-state index in [-0.39, 0.29) is 0 Å². The van der Waals surface area contributed by atoms with E-state index in [1.807, 2.05) is 18.2 Å². The van der Waals surface area contributed by atoms with Crippen molar-refractivity contribution in [3.8, 4) is 0 Å². The molecule has 0 bridgehead atoms. The van der Waals surface area contributed by atoms with Gasteiger partial charge in [-0.2, -0.15) is 0 Å². The van der Waals surface area contributed by atoms with Crippen molar-refractivity contribution in [1.82, 2.24) is 0 Å². The van der Waals surface area contributed by atoms with Crippen molar-refractivity contribution in [2.24, 2.45) is 0 Å². The van der Waals surface area contributed by atoms with Crippen LogP contribution in [0.5, 0.6) is 0 Å². The highest BCUT2D eigenvalue weighted by Gasteiger charge is 2.05. The van der Waals surface area contributed by atoms with Crippen LogP contribution in [0.25, 0.3) is 12.2 Å². The van der Waals surface area contributed by atoms with Gasteiger partial charge in [-0.15, -0.1) is 0 Å². The standard InChI is InChI=1S/C17H15NO4S/c19-17(20)10-9-15-7-4-8-16(13-15)18-23(21,22)12-11-14-5-2-1-3-6-14/h1-13,18H,(H,19,20). The van der Waals surface area contributed by atoms with Gasteiger partial charge in [0.2, 0.25) is 0 Å². The Morgan fingerprint density at radius 3 is 2.35 bits per heavy atom. The molecule has 0 aromatic heterocycles. The summed E-state index contributed by atoms with van der Waals surface area (Å²) in [6.07, 6.45) is 3.87. The molecule has 0 saturated carbocycles. The van der Waals surface area contributed by atoms with Crippen LogP contribution >= 0.6 is 0 Å². The molecule has 2 aromatic carbocycles. The van der Waals surface area contributed by atoms with Gasteiger partial charge >= 0.3 is 5.97 Å². The Morgan fingerprint density at radius 2 is 1.65 bits per heavy atom. The Kier molecular flexibility index (Phi) is 5.32. The van der Waals surface area contributed by atoms with Gasteiger partial charge in [0.1, 0.15) is 0 Å². The summed E-state index contributed by atoms with van der Waals surface area (Å²) < 4.78 is 26.5. The van der Waals surface area contributed by atoms with Crippen molar-refractivity contribution in [3.05, 3.63) is 77.2 Å². The molecule has 6 heteroatoms. The summed E-state index contributed by atoms with van der Waals surface area (Å²) in [6.45, 7) is 0. The summed E-state index contributed by atoms with van der Waals surface area (Å²) in [5, 5.41) is 9.69. The largest absolute Gasteiger partial charge is 0.478 e. The van der Waals surface area contributed by atoms with Crippen LogP contribution in [0.3, 0.4) is 0 Å². The van der Waals surface area contributed by atoms with Crippen molar-refractivity contribution >= 4 is 33.8 Å². The third kappa shape index (κ3) is 5.80. The third-order valence-electron chi connectivity index (χ3n) is 2.80. The molecule has 0 unspecified atom stereocenters. The molecule has 118 valence electrons. The summed E-state index contributed by atoms with van der Waals surface area (Å²) in [5.74, 6) is -1.07. The Hall–Kier alpha value is -2.86. The van der Waals surface area contributed by atoms with Crippen LogP contribution in [0.2, 0.25) is 0 Å². The lowest BCUT2D eigenvalue weighted by molar-refractivity contribution is -0.131. The first-order chi connectivity index (χ1) is 10.9. The van der Waals surface area contributed by atoms with E-state index in [2.05, 4.69) is 4.72 Å². The van der Waals surface area contributed by atoms with Crippen molar-refractivity contribution in [1.29, 1.82) is 0 Å². The number of hydrogen-bond acceptors (Lipinski definition) is 3. The molecule has 0 radical (unpaired) electrons. The highest BCUT2D eigenvalue weighted by molar-refractivity contribution is 7.95. The predicted octanol–water partition coefficient (Wildman–Crippen LogP) is 3.20. The third-order valence-corrected chi connectivity index (χ3v) is 3.82. The van der Waals surface area contributed by atoms with Crippen LogP contribution in [0.4, 0.5) is 5.69 Å². The molecular formula is C17H15NO4S. The molecule has 0 aliphatic heterocycles. The second kappa shape index (κ2) is 7.42. The van der Waals surface area contributed by atoms with Crippen molar-refractivity contribution in [3.63, 3.8) is 0 Å². The highest BCUT2D eigenvalue weighted by Crippen LogP contribution is 2.14. The zero-order valence-electron chi connectivity index (χ0n) is 12.1. The summed E-state index contributed by atoms with van der Waals surface area (Å²) in [6, 6.07) is 15.5. The highest BCUT2D eigenvalue weighted by atomic mass is 32.2. The smallest absolute Gasteiger partial charge is 0.328 e. The maximum absolute atomic E-state index is 12.0.